The van der Waals surface area contributed by atoms with Gasteiger partial charge in [-0.1, -0.05) is 83.3 Å². The van der Waals surface area contributed by atoms with Crippen molar-refractivity contribution in [2.45, 2.75) is 97.3 Å². The zero-order chi connectivity index (χ0) is 21.6. The van der Waals surface area contributed by atoms with Gasteiger partial charge in [0.15, 0.2) is 0 Å². The summed E-state index contributed by atoms with van der Waals surface area (Å²) in [5.41, 5.74) is 1.51. The van der Waals surface area contributed by atoms with Crippen LogP contribution in [0.2, 0.25) is 0 Å². The van der Waals surface area contributed by atoms with Crippen molar-refractivity contribution < 1.29 is 14.3 Å². The molecule has 0 spiro atoms. The minimum atomic E-state index is -0.350. The Morgan fingerprint density at radius 1 is 0.867 bits per heavy atom. The van der Waals surface area contributed by atoms with Crippen molar-refractivity contribution in [1.29, 1.82) is 0 Å². The van der Waals surface area contributed by atoms with Gasteiger partial charge in [-0.25, -0.2) is 4.98 Å². The highest BCUT2D eigenvalue weighted by Crippen LogP contribution is 2.19. The molecule has 0 radical (unpaired) electrons. The minimum absolute atomic E-state index is 0.0129. The highest BCUT2D eigenvalue weighted by Gasteiger charge is 2.19. The van der Waals surface area contributed by atoms with Gasteiger partial charge in [-0.05, 0) is 25.5 Å². The number of nitrogens with zero attached hydrogens (tertiary/aromatic N) is 2. The zero-order valence-electron chi connectivity index (χ0n) is 18.8. The first-order valence-electron chi connectivity index (χ1n) is 11.8. The van der Waals surface area contributed by atoms with Gasteiger partial charge in [-0.3, -0.25) is 14.2 Å². The SMILES string of the molecule is CCCCCCCCCCCCCC(=O)n1c(CC(=O)OCC)nc2ccccc21. The number of para-hydroxylation sites is 2. The lowest BCUT2D eigenvalue weighted by molar-refractivity contribution is -0.142. The average Bonchev–Trinajstić information content (AvgIpc) is 3.09. The van der Waals surface area contributed by atoms with Crippen LogP contribution < -0.4 is 0 Å². The molecule has 0 amide bonds. The fourth-order valence-electron chi connectivity index (χ4n) is 3.87. The van der Waals surface area contributed by atoms with Crippen molar-refractivity contribution in [2.75, 3.05) is 6.61 Å². The summed E-state index contributed by atoms with van der Waals surface area (Å²) in [6.07, 6.45) is 14.3. The Kier molecular flexibility index (Phi) is 11.2. The standard InChI is InChI=1S/C25H38N2O3/c1-3-5-6-7-8-9-10-11-12-13-14-19-24(28)27-22-18-16-15-17-21(22)26-23(27)20-25(29)30-4-2/h15-18H,3-14,19-20H2,1-2H3. The van der Waals surface area contributed by atoms with Gasteiger partial charge in [-0.2, -0.15) is 0 Å². The van der Waals surface area contributed by atoms with Crippen molar-refractivity contribution in [3.8, 4) is 0 Å². The first-order valence-corrected chi connectivity index (χ1v) is 11.8. The molecule has 0 saturated carbocycles. The van der Waals surface area contributed by atoms with Crippen molar-refractivity contribution in [2.24, 2.45) is 0 Å². The highest BCUT2D eigenvalue weighted by atomic mass is 16.5. The van der Waals surface area contributed by atoms with E-state index >= 15 is 0 Å². The molecule has 1 heterocycles. The smallest absolute Gasteiger partial charge is 0.313 e. The molecule has 0 saturated heterocycles. The largest absolute Gasteiger partial charge is 0.466 e. The first kappa shape index (κ1) is 24.1. The molecular weight excluding hydrogens is 376 g/mol. The van der Waals surface area contributed by atoms with Crippen LogP contribution in [0, 0.1) is 0 Å². The predicted molar refractivity (Wildman–Crippen MR) is 122 cm³/mol. The van der Waals surface area contributed by atoms with Crippen molar-refractivity contribution in [3.63, 3.8) is 0 Å². The van der Waals surface area contributed by atoms with Gasteiger partial charge in [-0.15, -0.1) is 0 Å². The maximum atomic E-state index is 12.9. The number of hydrogen-bond donors (Lipinski definition) is 0. The number of benzene rings is 1. The van der Waals surface area contributed by atoms with Gasteiger partial charge in [0, 0.05) is 6.42 Å². The molecule has 0 aliphatic heterocycles. The Bertz CT molecular complexity index is 782. The maximum Gasteiger partial charge on any atom is 0.313 e. The van der Waals surface area contributed by atoms with E-state index < -0.39 is 0 Å². The van der Waals surface area contributed by atoms with Crippen molar-refractivity contribution in [3.05, 3.63) is 30.1 Å². The van der Waals surface area contributed by atoms with Crippen LogP contribution in [0.25, 0.3) is 11.0 Å². The lowest BCUT2D eigenvalue weighted by Crippen LogP contribution is -2.18. The summed E-state index contributed by atoms with van der Waals surface area (Å²) >= 11 is 0. The topological polar surface area (TPSA) is 61.2 Å². The van der Waals surface area contributed by atoms with Gasteiger partial charge in [0.1, 0.15) is 12.2 Å². The monoisotopic (exact) mass is 414 g/mol. The summed E-state index contributed by atoms with van der Waals surface area (Å²) < 4.78 is 6.66. The molecule has 0 unspecified atom stereocenters. The van der Waals surface area contributed by atoms with Crippen LogP contribution >= 0.6 is 0 Å². The minimum Gasteiger partial charge on any atom is -0.466 e. The molecule has 0 fully saturated rings. The molecule has 0 atom stereocenters. The molecule has 166 valence electrons. The second-order valence-corrected chi connectivity index (χ2v) is 8.01. The molecule has 2 aromatic rings. The number of fused-ring (bicyclic) bond motifs is 1. The van der Waals surface area contributed by atoms with Gasteiger partial charge in [0.05, 0.1) is 17.6 Å². The molecule has 0 bridgehead atoms. The summed E-state index contributed by atoms with van der Waals surface area (Å²) in [6.45, 7) is 4.35. The second kappa shape index (κ2) is 13.9. The van der Waals surface area contributed by atoms with Crippen LogP contribution in [0.15, 0.2) is 24.3 Å². The average molecular weight is 415 g/mol. The summed E-state index contributed by atoms with van der Waals surface area (Å²) in [6, 6.07) is 7.54. The van der Waals surface area contributed by atoms with Gasteiger partial charge in [0.2, 0.25) is 5.91 Å². The molecule has 0 aliphatic rings. The molecule has 5 heteroatoms. The Balaban J connectivity index is 1.77. The second-order valence-electron chi connectivity index (χ2n) is 8.01. The normalized spacial score (nSPS) is 11.1. The number of esters is 1. The number of rotatable bonds is 15. The fourth-order valence-corrected chi connectivity index (χ4v) is 3.87. The summed E-state index contributed by atoms with van der Waals surface area (Å²) in [4.78, 5) is 29.3. The van der Waals surface area contributed by atoms with Gasteiger partial charge in [0.25, 0.3) is 0 Å². The molecular formula is C25H38N2O3. The van der Waals surface area contributed by atoms with Crippen LogP contribution in [-0.2, 0) is 16.0 Å². The van der Waals surface area contributed by atoms with E-state index in [1.165, 1.54) is 57.8 Å². The van der Waals surface area contributed by atoms with E-state index in [-0.39, 0.29) is 18.3 Å². The molecule has 1 aromatic heterocycles. The maximum absolute atomic E-state index is 12.9. The third-order valence-electron chi connectivity index (χ3n) is 5.48. The summed E-state index contributed by atoms with van der Waals surface area (Å²) in [5.74, 6) is 0.137. The lowest BCUT2D eigenvalue weighted by Gasteiger charge is -2.08. The number of imidazole rings is 1. The van der Waals surface area contributed by atoms with Crippen LogP contribution in [0.1, 0.15) is 102 Å². The predicted octanol–water partition coefficient (Wildman–Crippen LogP) is 6.48. The Morgan fingerprint density at radius 2 is 1.47 bits per heavy atom. The van der Waals surface area contributed by atoms with Crippen LogP contribution in [-0.4, -0.2) is 28.0 Å². The highest BCUT2D eigenvalue weighted by molar-refractivity contribution is 5.92. The molecule has 0 aliphatic carbocycles. The number of hydrogen-bond acceptors (Lipinski definition) is 4. The Morgan fingerprint density at radius 3 is 2.10 bits per heavy atom. The van der Waals surface area contributed by atoms with E-state index in [1.807, 2.05) is 24.3 Å². The van der Waals surface area contributed by atoms with E-state index in [4.69, 9.17) is 4.74 Å². The number of carbonyl (C=O) groups excluding carboxylic acids is 2. The quantitative estimate of drug-likeness (QED) is 0.247. The number of carbonyl (C=O) groups is 2. The Hall–Kier alpha value is -2.17. The molecule has 0 N–H and O–H groups in total. The van der Waals surface area contributed by atoms with E-state index in [2.05, 4.69) is 11.9 Å². The van der Waals surface area contributed by atoms with Gasteiger partial charge >= 0.3 is 5.97 Å². The molecule has 5 nitrogen and oxygen atoms in total. The summed E-state index contributed by atoms with van der Waals surface area (Å²) in [7, 11) is 0. The lowest BCUT2D eigenvalue weighted by atomic mass is 10.1. The third kappa shape index (κ3) is 7.92. The van der Waals surface area contributed by atoms with Gasteiger partial charge < -0.3 is 4.74 Å². The number of unbranched alkanes of at least 4 members (excludes halogenated alkanes) is 10. The first-order chi connectivity index (χ1) is 14.7. The zero-order valence-corrected chi connectivity index (χ0v) is 18.8. The summed E-state index contributed by atoms with van der Waals surface area (Å²) in [5, 5.41) is 0. The van der Waals surface area contributed by atoms with Crippen molar-refractivity contribution >= 4 is 22.9 Å². The molecule has 30 heavy (non-hydrogen) atoms. The van der Waals surface area contributed by atoms with E-state index in [0.717, 1.165) is 23.9 Å². The fraction of sp³-hybridized carbons (Fsp3) is 0.640. The number of ether oxygens (including phenoxy) is 1. The van der Waals surface area contributed by atoms with E-state index in [0.29, 0.717) is 18.9 Å². The third-order valence-corrected chi connectivity index (χ3v) is 5.48. The molecule has 1 aromatic carbocycles. The van der Waals surface area contributed by atoms with Crippen molar-refractivity contribution in [1.82, 2.24) is 9.55 Å². The van der Waals surface area contributed by atoms with Crippen LogP contribution in [0.3, 0.4) is 0 Å². The number of aromatic nitrogens is 2. The van der Waals surface area contributed by atoms with E-state index in [1.54, 1.807) is 11.5 Å². The molecule has 2 rings (SSSR count). The van der Waals surface area contributed by atoms with Crippen LogP contribution in [0.4, 0.5) is 0 Å². The van der Waals surface area contributed by atoms with Crippen LogP contribution in [0.5, 0.6) is 0 Å². The Labute approximate surface area is 181 Å². The van der Waals surface area contributed by atoms with E-state index in [9.17, 15) is 9.59 Å².